The lowest BCUT2D eigenvalue weighted by Gasteiger charge is -2.09. The van der Waals surface area contributed by atoms with Gasteiger partial charge in [-0.2, -0.15) is 13.2 Å². The van der Waals surface area contributed by atoms with Crippen LogP contribution >= 0.6 is 0 Å². The molecule has 0 spiro atoms. The van der Waals surface area contributed by atoms with Crippen molar-refractivity contribution >= 4 is 21.8 Å². The summed E-state index contributed by atoms with van der Waals surface area (Å²) in [5.41, 5.74) is 0.539. The topological polar surface area (TPSA) is 98.5 Å². The summed E-state index contributed by atoms with van der Waals surface area (Å²) in [4.78, 5) is 11.0. The number of hydrogen-bond donors (Lipinski definition) is 2. The summed E-state index contributed by atoms with van der Waals surface area (Å²) >= 11 is 0. The van der Waals surface area contributed by atoms with Gasteiger partial charge in [-0.05, 0) is 17.7 Å². The smallest absolute Gasteiger partial charge is 0.422 e. The van der Waals surface area contributed by atoms with Crippen LogP contribution in [0.3, 0.4) is 0 Å². The van der Waals surface area contributed by atoms with E-state index < -0.39 is 28.9 Å². The first-order valence-corrected chi connectivity index (χ1v) is 6.87. The minimum atomic E-state index is -4.60. The normalized spacial score (nSPS) is 12.0. The van der Waals surface area contributed by atoms with Gasteiger partial charge in [0.05, 0.1) is 5.75 Å². The maximum Gasteiger partial charge on any atom is 0.422 e. The summed E-state index contributed by atoms with van der Waals surface area (Å²) in [6, 6.07) is 5.36. The van der Waals surface area contributed by atoms with Gasteiger partial charge in [0.1, 0.15) is 0 Å². The number of sulfonamides is 1. The van der Waals surface area contributed by atoms with Crippen LogP contribution in [0.2, 0.25) is 0 Å². The van der Waals surface area contributed by atoms with Crippen molar-refractivity contribution in [1.82, 2.24) is 0 Å². The third-order valence-electron chi connectivity index (χ3n) is 1.94. The van der Waals surface area contributed by atoms with Crippen LogP contribution in [0.1, 0.15) is 5.56 Å². The quantitative estimate of drug-likeness (QED) is 0.882. The number of rotatable bonds is 4. The zero-order chi connectivity index (χ0) is 15.4. The van der Waals surface area contributed by atoms with Gasteiger partial charge >= 0.3 is 12.3 Å². The molecule has 1 amide bonds. The summed E-state index contributed by atoms with van der Waals surface area (Å²) < 4.78 is 61.0. The van der Waals surface area contributed by atoms with E-state index in [0.29, 0.717) is 5.56 Å². The van der Waals surface area contributed by atoms with Gasteiger partial charge in [-0.1, -0.05) is 12.1 Å². The summed E-state index contributed by atoms with van der Waals surface area (Å²) in [6.45, 7) is -1.69. The summed E-state index contributed by atoms with van der Waals surface area (Å²) in [5, 5.41) is 6.91. The van der Waals surface area contributed by atoms with E-state index in [-0.39, 0.29) is 11.4 Å². The molecule has 0 saturated carbocycles. The van der Waals surface area contributed by atoms with Crippen LogP contribution in [0.4, 0.5) is 23.7 Å². The van der Waals surface area contributed by atoms with Gasteiger partial charge < -0.3 is 4.74 Å². The van der Waals surface area contributed by atoms with E-state index in [2.05, 4.69) is 10.1 Å². The van der Waals surface area contributed by atoms with Gasteiger partial charge in [0.15, 0.2) is 6.61 Å². The minimum Gasteiger partial charge on any atom is -0.440 e. The molecule has 6 nitrogen and oxygen atoms in total. The fourth-order valence-electron chi connectivity index (χ4n) is 1.22. The lowest BCUT2D eigenvalue weighted by molar-refractivity contribution is -0.159. The van der Waals surface area contributed by atoms with Crippen molar-refractivity contribution in [1.29, 1.82) is 0 Å². The SMILES string of the molecule is NS(=O)(=O)Cc1ccc(NC(=O)OCC(F)(F)F)cc1. The van der Waals surface area contributed by atoms with E-state index in [0.717, 1.165) is 0 Å². The van der Waals surface area contributed by atoms with Gasteiger partial charge in [0, 0.05) is 5.69 Å². The second-order valence-electron chi connectivity index (χ2n) is 3.82. The highest BCUT2D eigenvalue weighted by molar-refractivity contribution is 7.88. The van der Waals surface area contributed by atoms with Crippen LogP contribution in [-0.4, -0.2) is 27.3 Å². The van der Waals surface area contributed by atoms with E-state index in [1.54, 1.807) is 0 Å². The molecule has 1 aromatic rings. The lowest BCUT2D eigenvalue weighted by Crippen LogP contribution is -2.23. The Morgan fingerprint density at radius 3 is 2.25 bits per heavy atom. The number of benzene rings is 1. The van der Waals surface area contributed by atoms with Crippen molar-refractivity contribution < 1.29 is 31.1 Å². The molecule has 20 heavy (non-hydrogen) atoms. The van der Waals surface area contributed by atoms with E-state index in [4.69, 9.17) is 5.14 Å². The molecular formula is C10H11F3N2O4S. The first-order valence-electron chi connectivity index (χ1n) is 5.15. The molecule has 0 saturated heterocycles. The first-order chi connectivity index (χ1) is 9.05. The highest BCUT2D eigenvalue weighted by atomic mass is 32.2. The number of ether oxygens (including phenoxy) is 1. The van der Waals surface area contributed by atoms with Crippen LogP contribution in [0, 0.1) is 0 Å². The Kier molecular flexibility index (Phi) is 4.95. The van der Waals surface area contributed by atoms with E-state index in [9.17, 15) is 26.4 Å². The van der Waals surface area contributed by atoms with E-state index >= 15 is 0 Å². The highest BCUT2D eigenvalue weighted by Crippen LogP contribution is 2.15. The number of nitrogens with two attached hydrogens (primary N) is 1. The molecule has 0 aliphatic carbocycles. The third kappa shape index (κ3) is 6.95. The Balaban J connectivity index is 2.55. The number of amides is 1. The third-order valence-corrected chi connectivity index (χ3v) is 2.67. The lowest BCUT2D eigenvalue weighted by atomic mass is 10.2. The molecule has 0 aliphatic heterocycles. The molecule has 0 fully saturated rings. The van der Waals surface area contributed by atoms with Gasteiger partial charge in [-0.3, -0.25) is 5.32 Å². The first kappa shape index (κ1) is 16.2. The van der Waals surface area contributed by atoms with Gasteiger partial charge in [0.2, 0.25) is 10.0 Å². The minimum absolute atomic E-state index is 0.162. The second kappa shape index (κ2) is 6.09. The molecule has 1 rings (SSSR count). The number of halogens is 3. The number of carbonyl (C=O) groups excluding carboxylic acids is 1. The van der Waals surface area contributed by atoms with E-state index in [1.165, 1.54) is 24.3 Å². The molecule has 112 valence electrons. The number of anilines is 1. The molecule has 0 heterocycles. The van der Waals surface area contributed by atoms with Crippen LogP contribution in [0.25, 0.3) is 0 Å². The zero-order valence-corrected chi connectivity index (χ0v) is 10.8. The molecule has 0 radical (unpaired) electrons. The average molecular weight is 312 g/mol. The fourth-order valence-corrected chi connectivity index (χ4v) is 1.87. The predicted octanol–water partition coefficient (Wildman–Crippen LogP) is 1.59. The van der Waals surface area contributed by atoms with E-state index in [1.807, 2.05) is 0 Å². The maximum atomic E-state index is 11.8. The molecule has 0 unspecified atom stereocenters. The molecule has 0 aromatic heterocycles. The number of nitrogens with one attached hydrogen (secondary N) is 1. The van der Waals surface area contributed by atoms with Crippen molar-refractivity contribution in [3.8, 4) is 0 Å². The number of carbonyl (C=O) groups is 1. The highest BCUT2D eigenvalue weighted by Gasteiger charge is 2.29. The Morgan fingerprint density at radius 2 is 1.80 bits per heavy atom. The number of alkyl halides is 3. The summed E-state index contributed by atoms with van der Waals surface area (Å²) in [6.07, 6.45) is -5.86. The van der Waals surface area contributed by atoms with Crippen LogP contribution in [-0.2, 0) is 20.5 Å². The molecule has 3 N–H and O–H groups in total. The molecule has 0 aliphatic rings. The maximum absolute atomic E-state index is 11.8. The zero-order valence-electron chi connectivity index (χ0n) is 9.98. The van der Waals surface area contributed by atoms with Crippen LogP contribution < -0.4 is 10.5 Å². The van der Waals surface area contributed by atoms with Crippen molar-refractivity contribution in [2.45, 2.75) is 11.9 Å². The fraction of sp³-hybridized carbons (Fsp3) is 0.300. The Labute approximate surface area is 112 Å². The number of primary sulfonamides is 1. The average Bonchev–Trinajstić information content (AvgIpc) is 2.26. The largest absolute Gasteiger partial charge is 0.440 e. The van der Waals surface area contributed by atoms with Crippen LogP contribution in [0.15, 0.2) is 24.3 Å². The van der Waals surface area contributed by atoms with Gasteiger partial charge in [0.25, 0.3) is 0 Å². The van der Waals surface area contributed by atoms with Crippen molar-refractivity contribution in [3.63, 3.8) is 0 Å². The summed E-state index contributed by atoms with van der Waals surface area (Å²) in [5.74, 6) is -0.383. The van der Waals surface area contributed by atoms with Gasteiger partial charge in [-0.15, -0.1) is 0 Å². The van der Waals surface area contributed by atoms with Gasteiger partial charge in [-0.25, -0.2) is 18.4 Å². The monoisotopic (exact) mass is 312 g/mol. The molecular weight excluding hydrogens is 301 g/mol. The van der Waals surface area contributed by atoms with Crippen molar-refractivity contribution in [2.24, 2.45) is 5.14 Å². The Morgan fingerprint density at radius 1 is 1.25 bits per heavy atom. The number of hydrogen-bond acceptors (Lipinski definition) is 4. The Bertz CT molecular complexity index is 569. The predicted molar refractivity (Wildman–Crippen MR) is 64.3 cm³/mol. The van der Waals surface area contributed by atoms with Crippen LogP contribution in [0.5, 0.6) is 0 Å². The standard InChI is InChI=1S/C10H11F3N2O4S/c11-10(12,13)6-19-9(16)15-8-3-1-7(2-4-8)5-20(14,17)18/h1-4H,5-6H2,(H,15,16)(H2,14,17,18). The molecule has 1 aromatic carbocycles. The van der Waals surface area contributed by atoms with Crippen molar-refractivity contribution in [2.75, 3.05) is 11.9 Å². The molecule has 0 bridgehead atoms. The summed E-state index contributed by atoms with van der Waals surface area (Å²) in [7, 11) is -3.68. The Hall–Kier alpha value is -1.81. The second-order valence-corrected chi connectivity index (χ2v) is 5.43. The molecule has 0 atom stereocenters. The molecule has 10 heteroatoms. The van der Waals surface area contributed by atoms with Crippen molar-refractivity contribution in [3.05, 3.63) is 29.8 Å².